The molecular weight excluding hydrogens is 212 g/mol. The van der Waals surface area contributed by atoms with Crippen LogP contribution in [0.25, 0.3) is 0 Å². The minimum Gasteiger partial charge on any atom is -0.393 e. The molecule has 0 radical (unpaired) electrons. The zero-order valence-electron chi connectivity index (χ0n) is 11.3. The molecule has 2 nitrogen and oxygen atoms in total. The summed E-state index contributed by atoms with van der Waals surface area (Å²) in [6.07, 6.45) is 4.26. The van der Waals surface area contributed by atoms with Gasteiger partial charge in [0.15, 0.2) is 0 Å². The highest BCUT2D eigenvalue weighted by atomic mass is 16.3. The molecule has 0 bridgehead atoms. The summed E-state index contributed by atoms with van der Waals surface area (Å²) in [5, 5.41) is 20.3. The van der Waals surface area contributed by atoms with Crippen LogP contribution >= 0.6 is 0 Å². The molecule has 3 aliphatic rings. The van der Waals surface area contributed by atoms with Crippen LogP contribution < -0.4 is 0 Å². The van der Waals surface area contributed by atoms with Gasteiger partial charge in [-0.2, -0.15) is 0 Å². The Morgan fingerprint density at radius 3 is 2.47 bits per heavy atom. The highest BCUT2D eigenvalue weighted by Gasteiger charge is 2.67. The van der Waals surface area contributed by atoms with E-state index in [9.17, 15) is 10.2 Å². The van der Waals surface area contributed by atoms with Crippen molar-refractivity contribution in [1.29, 1.82) is 0 Å². The van der Waals surface area contributed by atoms with Crippen LogP contribution in [0, 0.1) is 35.0 Å². The van der Waals surface area contributed by atoms with E-state index < -0.39 is 5.60 Å². The van der Waals surface area contributed by atoms with Gasteiger partial charge in [0, 0.05) is 0 Å². The van der Waals surface area contributed by atoms with Gasteiger partial charge in [-0.25, -0.2) is 0 Å². The van der Waals surface area contributed by atoms with Crippen LogP contribution in [0.3, 0.4) is 0 Å². The van der Waals surface area contributed by atoms with Gasteiger partial charge in [-0.3, -0.25) is 0 Å². The molecule has 0 saturated heterocycles. The summed E-state index contributed by atoms with van der Waals surface area (Å²) >= 11 is 0. The van der Waals surface area contributed by atoms with Crippen molar-refractivity contribution in [3.05, 3.63) is 0 Å². The first-order valence-electron chi connectivity index (χ1n) is 7.25. The average molecular weight is 238 g/mol. The maximum absolute atomic E-state index is 10.7. The van der Waals surface area contributed by atoms with Gasteiger partial charge in [-0.1, -0.05) is 27.2 Å². The summed E-state index contributed by atoms with van der Waals surface area (Å²) in [4.78, 5) is 0. The molecule has 0 spiro atoms. The number of aliphatic hydroxyl groups excluding tert-OH is 1. The van der Waals surface area contributed by atoms with Crippen molar-refractivity contribution in [3.8, 4) is 0 Å². The predicted octanol–water partition coefficient (Wildman–Crippen LogP) is 2.44. The Morgan fingerprint density at radius 1 is 1.12 bits per heavy atom. The quantitative estimate of drug-likeness (QED) is 0.736. The third-order valence-electron chi connectivity index (χ3n) is 6.46. The lowest BCUT2D eigenvalue weighted by atomic mass is 9.74. The lowest BCUT2D eigenvalue weighted by Crippen LogP contribution is -2.44. The minimum absolute atomic E-state index is 0.0409. The molecule has 6 atom stereocenters. The van der Waals surface area contributed by atoms with Crippen molar-refractivity contribution in [3.63, 3.8) is 0 Å². The summed E-state index contributed by atoms with van der Waals surface area (Å²) in [7, 11) is 0. The van der Waals surface area contributed by atoms with E-state index in [0.29, 0.717) is 17.3 Å². The van der Waals surface area contributed by atoms with Crippen LogP contribution in [-0.2, 0) is 0 Å². The molecule has 98 valence electrons. The molecule has 0 unspecified atom stereocenters. The first-order valence-corrected chi connectivity index (χ1v) is 7.25. The van der Waals surface area contributed by atoms with Crippen molar-refractivity contribution >= 4 is 0 Å². The molecule has 0 aromatic rings. The molecule has 0 heterocycles. The van der Waals surface area contributed by atoms with Crippen LogP contribution in [0.15, 0.2) is 0 Å². The Balaban J connectivity index is 1.94. The molecule has 17 heavy (non-hydrogen) atoms. The summed E-state index contributed by atoms with van der Waals surface area (Å²) < 4.78 is 0. The Morgan fingerprint density at radius 2 is 1.82 bits per heavy atom. The number of fused-ring (bicyclic) bond motifs is 3. The molecule has 0 amide bonds. The van der Waals surface area contributed by atoms with Crippen molar-refractivity contribution in [2.45, 2.75) is 52.1 Å². The zero-order chi connectivity index (χ0) is 12.4. The summed E-state index contributed by atoms with van der Waals surface area (Å²) in [6.45, 7) is 7.10. The minimum atomic E-state index is -0.779. The van der Waals surface area contributed by atoms with Gasteiger partial charge in [0.25, 0.3) is 0 Å². The molecule has 3 fully saturated rings. The number of hydrogen-bond donors (Lipinski definition) is 2. The fourth-order valence-corrected chi connectivity index (χ4v) is 5.34. The van der Waals surface area contributed by atoms with E-state index in [4.69, 9.17) is 0 Å². The predicted molar refractivity (Wildman–Crippen MR) is 67.4 cm³/mol. The SMILES string of the molecule is C[C@@H]1CC[C@H]2[C@@H]1[C@H]1[C@@H](CC[C@@]2(O)CO)C1(C)C. The second kappa shape index (κ2) is 3.48. The monoisotopic (exact) mass is 238 g/mol. The number of aliphatic hydroxyl groups is 2. The van der Waals surface area contributed by atoms with Crippen molar-refractivity contribution in [1.82, 2.24) is 0 Å². The van der Waals surface area contributed by atoms with Gasteiger partial charge < -0.3 is 10.2 Å². The standard InChI is InChI=1S/C15H26O2/c1-9-4-5-10-12(9)13-11(14(13,2)3)6-7-15(10,17)8-16/h9-13,16-17H,4-8H2,1-3H3/t9-,10+,11-,12-,13-,15-/m1/s1. The van der Waals surface area contributed by atoms with Crippen molar-refractivity contribution in [2.24, 2.45) is 35.0 Å². The lowest BCUT2D eigenvalue weighted by Gasteiger charge is -2.37. The van der Waals surface area contributed by atoms with Crippen molar-refractivity contribution in [2.75, 3.05) is 6.61 Å². The van der Waals surface area contributed by atoms with Gasteiger partial charge >= 0.3 is 0 Å². The number of rotatable bonds is 1. The molecule has 0 aliphatic heterocycles. The molecule has 2 heteroatoms. The highest BCUT2D eigenvalue weighted by Crippen LogP contribution is 2.71. The van der Waals surface area contributed by atoms with E-state index in [2.05, 4.69) is 20.8 Å². The van der Waals surface area contributed by atoms with Gasteiger partial charge in [0.2, 0.25) is 0 Å². The molecule has 3 rings (SSSR count). The molecular formula is C15H26O2. The van der Waals surface area contributed by atoms with E-state index in [1.54, 1.807) is 0 Å². The third-order valence-corrected chi connectivity index (χ3v) is 6.46. The van der Waals surface area contributed by atoms with E-state index in [-0.39, 0.29) is 6.61 Å². The molecule has 2 N–H and O–H groups in total. The molecule has 3 saturated carbocycles. The van der Waals surface area contributed by atoms with Gasteiger partial charge in [-0.15, -0.1) is 0 Å². The Bertz CT molecular complexity index is 325. The van der Waals surface area contributed by atoms with Crippen LogP contribution in [0.5, 0.6) is 0 Å². The van der Waals surface area contributed by atoms with E-state index >= 15 is 0 Å². The first-order chi connectivity index (χ1) is 7.92. The molecule has 3 aliphatic carbocycles. The number of hydrogen-bond acceptors (Lipinski definition) is 2. The zero-order valence-corrected chi connectivity index (χ0v) is 11.3. The van der Waals surface area contributed by atoms with Crippen LogP contribution in [0.4, 0.5) is 0 Å². The maximum atomic E-state index is 10.7. The van der Waals surface area contributed by atoms with Gasteiger partial charge in [0.05, 0.1) is 12.2 Å². The van der Waals surface area contributed by atoms with E-state index in [1.165, 1.54) is 6.42 Å². The van der Waals surface area contributed by atoms with Crippen LogP contribution in [0.1, 0.15) is 46.5 Å². The van der Waals surface area contributed by atoms with E-state index in [0.717, 1.165) is 37.0 Å². The smallest absolute Gasteiger partial charge is 0.0908 e. The maximum Gasteiger partial charge on any atom is 0.0908 e. The summed E-state index contributed by atoms with van der Waals surface area (Å²) in [5.74, 6) is 3.31. The Hall–Kier alpha value is -0.0800. The first kappa shape index (κ1) is 12.0. The normalized spacial score (nSPS) is 55.9. The third kappa shape index (κ3) is 1.46. The van der Waals surface area contributed by atoms with Gasteiger partial charge in [0.1, 0.15) is 0 Å². The summed E-state index contributed by atoms with van der Waals surface area (Å²) in [6, 6.07) is 0. The van der Waals surface area contributed by atoms with Crippen LogP contribution in [-0.4, -0.2) is 22.4 Å². The van der Waals surface area contributed by atoms with Crippen molar-refractivity contribution < 1.29 is 10.2 Å². The van der Waals surface area contributed by atoms with E-state index in [1.807, 2.05) is 0 Å². The largest absolute Gasteiger partial charge is 0.393 e. The summed E-state index contributed by atoms with van der Waals surface area (Å²) in [5.41, 5.74) is -0.294. The van der Waals surface area contributed by atoms with Crippen LogP contribution in [0.2, 0.25) is 0 Å². The Labute approximate surface area is 104 Å². The second-order valence-corrected chi connectivity index (χ2v) is 7.49. The molecule has 0 aromatic heterocycles. The lowest BCUT2D eigenvalue weighted by molar-refractivity contribution is -0.0830. The molecule has 0 aromatic carbocycles. The highest BCUT2D eigenvalue weighted by molar-refractivity contribution is 5.15. The van der Waals surface area contributed by atoms with Gasteiger partial charge in [-0.05, 0) is 54.3 Å². The fourth-order valence-electron chi connectivity index (χ4n) is 5.34. The Kier molecular flexibility index (Phi) is 2.45. The topological polar surface area (TPSA) is 40.5 Å². The fraction of sp³-hybridized carbons (Fsp3) is 1.00. The second-order valence-electron chi connectivity index (χ2n) is 7.49. The average Bonchev–Trinajstić information content (AvgIpc) is 2.65.